The van der Waals surface area contributed by atoms with Crippen LogP contribution in [-0.2, 0) is 4.79 Å². The molecule has 7 heteroatoms. The number of hydrogen-bond acceptors (Lipinski definition) is 5. The molecule has 1 unspecified atom stereocenters. The topological polar surface area (TPSA) is 102 Å². The molecule has 1 fully saturated rings. The van der Waals surface area contributed by atoms with Crippen molar-refractivity contribution in [2.24, 2.45) is 5.73 Å². The number of nitrogens with zero attached hydrogens (tertiary/aromatic N) is 2. The second-order valence-electron chi connectivity index (χ2n) is 5.13. The van der Waals surface area contributed by atoms with Gasteiger partial charge in [-0.1, -0.05) is 0 Å². The van der Waals surface area contributed by atoms with E-state index in [9.17, 15) is 9.59 Å². The van der Waals surface area contributed by atoms with Crippen LogP contribution in [0, 0.1) is 0 Å². The van der Waals surface area contributed by atoms with E-state index in [1.807, 2.05) is 0 Å². The summed E-state index contributed by atoms with van der Waals surface area (Å²) in [5.74, 6) is -0.665. The molecule has 1 saturated heterocycles. The zero-order chi connectivity index (χ0) is 15.0. The lowest BCUT2D eigenvalue weighted by molar-refractivity contribution is -0.123. The molecule has 0 bridgehead atoms. The third-order valence-corrected chi connectivity index (χ3v) is 4.96. The van der Waals surface area contributed by atoms with Crippen molar-refractivity contribution in [2.45, 2.75) is 25.3 Å². The number of piperidine rings is 1. The van der Waals surface area contributed by atoms with Gasteiger partial charge in [-0.15, -0.1) is 11.3 Å². The maximum atomic E-state index is 12.7. The normalized spacial score (nSPS) is 18.9. The molecule has 0 spiro atoms. The molecule has 0 saturated carbocycles. The molecule has 3 rings (SSSR count). The summed E-state index contributed by atoms with van der Waals surface area (Å²) in [5.41, 5.74) is 12.0. The average Bonchev–Trinajstić information content (AvgIpc) is 2.84. The average molecular weight is 304 g/mol. The van der Waals surface area contributed by atoms with Crippen LogP contribution in [0.1, 0.15) is 28.9 Å². The molecule has 3 heterocycles. The largest absolute Gasteiger partial charge is 0.397 e. The number of thiophene rings is 1. The summed E-state index contributed by atoms with van der Waals surface area (Å²) in [6, 6.07) is 1.26. The number of fused-ring (bicyclic) bond motifs is 1. The quantitative estimate of drug-likeness (QED) is 0.874. The minimum atomic E-state index is -0.533. The third-order valence-electron chi connectivity index (χ3n) is 3.82. The van der Waals surface area contributed by atoms with E-state index in [0.29, 0.717) is 23.5 Å². The first-order valence-electron chi connectivity index (χ1n) is 6.82. The van der Waals surface area contributed by atoms with E-state index in [2.05, 4.69) is 4.98 Å². The Bertz CT molecular complexity index is 712. The van der Waals surface area contributed by atoms with Crippen molar-refractivity contribution in [2.75, 3.05) is 12.3 Å². The number of carbonyl (C=O) groups excluding carboxylic acids is 2. The predicted molar refractivity (Wildman–Crippen MR) is 81.9 cm³/mol. The van der Waals surface area contributed by atoms with Gasteiger partial charge in [0.25, 0.3) is 5.91 Å². The predicted octanol–water partition coefficient (Wildman–Crippen LogP) is 1.36. The van der Waals surface area contributed by atoms with Gasteiger partial charge in [-0.3, -0.25) is 14.6 Å². The van der Waals surface area contributed by atoms with Crippen molar-refractivity contribution in [1.82, 2.24) is 9.88 Å². The van der Waals surface area contributed by atoms with E-state index in [0.717, 1.165) is 22.9 Å². The molecule has 2 amide bonds. The minimum absolute atomic E-state index is 0.211. The number of likely N-dealkylation sites (tertiary alicyclic amines) is 1. The van der Waals surface area contributed by atoms with E-state index >= 15 is 0 Å². The SMILES string of the molecule is NC(=O)C1CCCCN1C(=O)c1sc2cnccc2c1N. The summed E-state index contributed by atoms with van der Waals surface area (Å²) < 4.78 is 0.867. The highest BCUT2D eigenvalue weighted by atomic mass is 32.1. The highest BCUT2D eigenvalue weighted by molar-refractivity contribution is 7.21. The van der Waals surface area contributed by atoms with Crippen LogP contribution >= 0.6 is 11.3 Å². The molecule has 0 aromatic carbocycles. The lowest BCUT2D eigenvalue weighted by Crippen LogP contribution is -2.50. The fraction of sp³-hybridized carbons (Fsp3) is 0.357. The Morgan fingerprint density at radius 1 is 1.38 bits per heavy atom. The van der Waals surface area contributed by atoms with Crippen LogP contribution in [-0.4, -0.2) is 34.3 Å². The second-order valence-corrected chi connectivity index (χ2v) is 6.18. The Hall–Kier alpha value is -2.15. The van der Waals surface area contributed by atoms with Gasteiger partial charge in [0.15, 0.2) is 0 Å². The van der Waals surface area contributed by atoms with Gasteiger partial charge >= 0.3 is 0 Å². The fourth-order valence-corrected chi connectivity index (χ4v) is 3.78. The number of rotatable bonds is 2. The molecular formula is C14H16N4O2S. The van der Waals surface area contributed by atoms with Gasteiger partial charge in [-0.25, -0.2) is 0 Å². The Kier molecular flexibility index (Phi) is 3.50. The van der Waals surface area contributed by atoms with Crippen LogP contribution in [0.5, 0.6) is 0 Å². The maximum Gasteiger partial charge on any atom is 0.266 e. The minimum Gasteiger partial charge on any atom is -0.397 e. The van der Waals surface area contributed by atoms with Crippen LogP contribution in [0.2, 0.25) is 0 Å². The summed E-state index contributed by atoms with van der Waals surface area (Å²) in [5, 5.41) is 0.825. The van der Waals surface area contributed by atoms with Crippen molar-refractivity contribution in [3.05, 3.63) is 23.3 Å². The molecule has 0 aliphatic carbocycles. The van der Waals surface area contributed by atoms with E-state index in [4.69, 9.17) is 11.5 Å². The summed E-state index contributed by atoms with van der Waals surface area (Å²) >= 11 is 1.31. The summed E-state index contributed by atoms with van der Waals surface area (Å²) in [7, 11) is 0. The molecule has 0 radical (unpaired) electrons. The van der Waals surface area contributed by atoms with Gasteiger partial charge in [-0.05, 0) is 25.3 Å². The van der Waals surface area contributed by atoms with E-state index in [1.165, 1.54) is 11.3 Å². The van der Waals surface area contributed by atoms with Gasteiger partial charge in [0, 0.05) is 24.3 Å². The Balaban J connectivity index is 1.99. The highest BCUT2D eigenvalue weighted by Gasteiger charge is 2.33. The van der Waals surface area contributed by atoms with Gasteiger partial charge in [0.2, 0.25) is 5.91 Å². The van der Waals surface area contributed by atoms with Crippen molar-refractivity contribution in [3.8, 4) is 0 Å². The monoisotopic (exact) mass is 304 g/mol. The van der Waals surface area contributed by atoms with Crippen LogP contribution in [0.25, 0.3) is 10.1 Å². The Morgan fingerprint density at radius 2 is 2.19 bits per heavy atom. The van der Waals surface area contributed by atoms with Crippen LogP contribution in [0.3, 0.4) is 0 Å². The number of nitrogens with two attached hydrogens (primary N) is 2. The molecule has 21 heavy (non-hydrogen) atoms. The number of carbonyl (C=O) groups is 2. The Morgan fingerprint density at radius 3 is 2.90 bits per heavy atom. The van der Waals surface area contributed by atoms with Crippen LogP contribution < -0.4 is 11.5 Å². The van der Waals surface area contributed by atoms with Crippen molar-refractivity contribution >= 4 is 38.9 Å². The van der Waals surface area contributed by atoms with E-state index in [-0.39, 0.29) is 5.91 Å². The first-order chi connectivity index (χ1) is 10.1. The molecule has 110 valence electrons. The molecule has 1 aliphatic heterocycles. The summed E-state index contributed by atoms with van der Waals surface area (Å²) in [6.07, 6.45) is 5.74. The van der Waals surface area contributed by atoms with E-state index in [1.54, 1.807) is 23.4 Å². The standard InChI is InChI=1S/C14H16N4O2S/c15-11-8-4-5-17-7-10(8)21-12(11)14(20)18-6-2-1-3-9(18)13(16)19/h4-5,7,9H,1-3,6,15H2,(H2,16,19). The lowest BCUT2D eigenvalue weighted by Gasteiger charge is -2.33. The molecule has 1 atom stereocenters. The second kappa shape index (κ2) is 5.33. The Labute approximate surface area is 125 Å². The number of aromatic nitrogens is 1. The fourth-order valence-electron chi connectivity index (χ4n) is 2.73. The molecule has 2 aromatic rings. The molecule has 2 aromatic heterocycles. The van der Waals surface area contributed by atoms with Crippen molar-refractivity contribution in [1.29, 1.82) is 0 Å². The van der Waals surface area contributed by atoms with Crippen molar-refractivity contribution < 1.29 is 9.59 Å². The first kappa shape index (κ1) is 13.8. The number of primary amides is 1. The molecular weight excluding hydrogens is 288 g/mol. The van der Waals surface area contributed by atoms with Gasteiger partial charge in [0.05, 0.1) is 10.4 Å². The number of pyridine rings is 1. The molecule has 1 aliphatic rings. The van der Waals surface area contributed by atoms with E-state index < -0.39 is 11.9 Å². The van der Waals surface area contributed by atoms with Gasteiger partial charge in [-0.2, -0.15) is 0 Å². The number of hydrogen-bond donors (Lipinski definition) is 2. The zero-order valence-corrected chi connectivity index (χ0v) is 12.2. The summed E-state index contributed by atoms with van der Waals surface area (Å²) in [4.78, 5) is 30.3. The van der Waals surface area contributed by atoms with Crippen molar-refractivity contribution in [3.63, 3.8) is 0 Å². The lowest BCUT2D eigenvalue weighted by atomic mass is 10.0. The first-order valence-corrected chi connectivity index (χ1v) is 7.63. The highest BCUT2D eigenvalue weighted by Crippen LogP contribution is 2.34. The number of amides is 2. The molecule has 4 N–H and O–H groups in total. The van der Waals surface area contributed by atoms with Gasteiger partial charge < -0.3 is 16.4 Å². The maximum absolute atomic E-state index is 12.7. The zero-order valence-electron chi connectivity index (χ0n) is 11.4. The number of nitrogen functional groups attached to an aromatic ring is 1. The summed E-state index contributed by atoms with van der Waals surface area (Å²) in [6.45, 7) is 0.540. The number of anilines is 1. The van der Waals surface area contributed by atoms with Crippen LogP contribution in [0.4, 0.5) is 5.69 Å². The molecule has 6 nitrogen and oxygen atoms in total. The van der Waals surface area contributed by atoms with Crippen LogP contribution in [0.15, 0.2) is 18.5 Å². The smallest absolute Gasteiger partial charge is 0.266 e. The third kappa shape index (κ3) is 2.33. The van der Waals surface area contributed by atoms with Gasteiger partial charge in [0.1, 0.15) is 10.9 Å².